The van der Waals surface area contributed by atoms with Crippen LogP contribution in [0.25, 0.3) is 0 Å². The van der Waals surface area contributed by atoms with Gasteiger partial charge in [-0.2, -0.15) is 0 Å². The summed E-state index contributed by atoms with van der Waals surface area (Å²) in [5.74, 6) is -0.148. The molecule has 1 unspecified atom stereocenters. The van der Waals surface area contributed by atoms with Gasteiger partial charge in [-0.3, -0.25) is 0 Å². The van der Waals surface area contributed by atoms with Crippen LogP contribution in [0.3, 0.4) is 0 Å². The van der Waals surface area contributed by atoms with E-state index in [4.69, 9.17) is 19.5 Å². The summed E-state index contributed by atoms with van der Waals surface area (Å²) in [5, 5.41) is 28.2. The Labute approximate surface area is 137 Å². The molecule has 0 aliphatic heterocycles. The van der Waals surface area contributed by atoms with Gasteiger partial charge in [0, 0.05) is 0 Å². The Kier molecular flexibility index (Phi) is 6.21. The van der Waals surface area contributed by atoms with Gasteiger partial charge in [0.2, 0.25) is 0 Å². The van der Waals surface area contributed by atoms with Crippen LogP contribution in [-0.2, 0) is 9.53 Å². The Morgan fingerprint density at radius 3 is 2.09 bits per heavy atom. The van der Waals surface area contributed by atoms with Gasteiger partial charge in [-0.05, 0) is 51.7 Å². The number of hydrogen-bond acceptors (Lipinski definition) is 6. The molecule has 0 radical (unpaired) electrons. The topological polar surface area (TPSA) is 96.2 Å². The van der Waals surface area contributed by atoms with Gasteiger partial charge in [0.1, 0.15) is 11.4 Å². The summed E-state index contributed by atoms with van der Waals surface area (Å²) in [7, 11) is -1.55. The van der Waals surface area contributed by atoms with Crippen molar-refractivity contribution in [2.45, 2.75) is 58.3 Å². The van der Waals surface area contributed by atoms with Crippen molar-refractivity contribution in [1.82, 2.24) is 0 Å². The fraction of sp³-hybridized carbons (Fsp3) is 0.562. The maximum Gasteiger partial charge on any atom is 0.488 e. The first kappa shape index (κ1) is 19.5. The van der Waals surface area contributed by atoms with Gasteiger partial charge in [-0.1, -0.05) is 19.1 Å². The molecule has 23 heavy (non-hydrogen) atoms. The quantitative estimate of drug-likeness (QED) is 0.502. The highest BCUT2D eigenvalue weighted by Gasteiger charge is 2.40. The van der Waals surface area contributed by atoms with E-state index in [0.29, 0.717) is 17.6 Å². The van der Waals surface area contributed by atoms with E-state index in [1.807, 2.05) is 0 Å². The van der Waals surface area contributed by atoms with Crippen molar-refractivity contribution >= 4 is 18.6 Å². The number of carbonyl (C=O) groups excluding carboxylic acids is 1. The van der Waals surface area contributed by atoms with Crippen LogP contribution in [0.15, 0.2) is 24.3 Å². The Hall–Kier alpha value is -1.57. The monoisotopic (exact) mass is 324 g/mol. The molecule has 1 atom stereocenters. The minimum atomic E-state index is -1.55. The van der Waals surface area contributed by atoms with E-state index >= 15 is 0 Å². The molecular weight excluding hydrogens is 299 g/mol. The zero-order valence-electron chi connectivity index (χ0n) is 14.2. The number of esters is 1. The molecule has 0 aliphatic rings. The lowest BCUT2D eigenvalue weighted by Crippen LogP contribution is -2.50. The van der Waals surface area contributed by atoms with E-state index in [-0.39, 0.29) is 0 Å². The molecule has 0 bridgehead atoms. The average molecular weight is 324 g/mol. The first-order valence-corrected chi connectivity index (χ1v) is 7.56. The molecular formula is C16H25BO6. The summed E-state index contributed by atoms with van der Waals surface area (Å²) in [4.78, 5) is 12.3. The van der Waals surface area contributed by atoms with Crippen molar-refractivity contribution in [3.8, 4) is 5.75 Å². The normalized spacial score (nSPS) is 13.4. The third kappa shape index (κ3) is 5.23. The number of ether oxygens (including phenoxy) is 2. The highest BCUT2D eigenvalue weighted by molar-refractivity contribution is 6.58. The van der Waals surface area contributed by atoms with Gasteiger partial charge in [-0.15, -0.1) is 0 Å². The summed E-state index contributed by atoms with van der Waals surface area (Å²) < 4.78 is 11.0. The van der Waals surface area contributed by atoms with Crippen LogP contribution in [0.5, 0.6) is 5.75 Å². The lowest BCUT2D eigenvalue weighted by atomic mass is 9.80. The molecule has 128 valence electrons. The number of aliphatic hydroxyl groups is 1. The molecule has 1 rings (SSSR count). The summed E-state index contributed by atoms with van der Waals surface area (Å²) in [6.45, 7) is 8.20. The van der Waals surface area contributed by atoms with Gasteiger partial charge >= 0.3 is 13.1 Å². The second-order valence-electron chi connectivity index (χ2n) is 6.45. The smallest absolute Gasteiger partial charge is 0.479 e. The molecule has 3 N–H and O–H groups in total. The molecule has 0 aliphatic carbocycles. The molecule has 0 fully saturated rings. The molecule has 6 nitrogen and oxygen atoms in total. The van der Waals surface area contributed by atoms with Crippen LogP contribution in [0.1, 0.15) is 41.0 Å². The van der Waals surface area contributed by atoms with Crippen LogP contribution in [-0.4, -0.2) is 45.5 Å². The van der Waals surface area contributed by atoms with Crippen LogP contribution in [0.2, 0.25) is 0 Å². The van der Waals surface area contributed by atoms with Crippen molar-refractivity contribution in [2.75, 3.05) is 0 Å². The van der Waals surface area contributed by atoms with Crippen molar-refractivity contribution in [3.63, 3.8) is 0 Å². The fourth-order valence-electron chi connectivity index (χ4n) is 1.62. The molecule has 0 amide bonds. The summed E-state index contributed by atoms with van der Waals surface area (Å²) >= 11 is 0. The van der Waals surface area contributed by atoms with Gasteiger partial charge in [0.15, 0.2) is 6.10 Å². The zero-order valence-corrected chi connectivity index (χ0v) is 14.2. The van der Waals surface area contributed by atoms with Gasteiger partial charge in [0.25, 0.3) is 0 Å². The standard InChI is InChI=1S/C16H25BO6/c1-6-13(14(18)23-16(4,5)15(2,3)19)22-12-9-7-11(8-10-12)17(20)21/h7-10,13,19-21H,6H2,1-5H3. The minimum Gasteiger partial charge on any atom is -0.479 e. The second kappa shape index (κ2) is 7.34. The fourth-order valence-corrected chi connectivity index (χ4v) is 1.62. The maximum absolute atomic E-state index is 12.3. The predicted octanol–water partition coefficient (Wildman–Crippen LogP) is 0.616. The number of hydrogen-bond donors (Lipinski definition) is 3. The first-order chi connectivity index (χ1) is 10.5. The van der Waals surface area contributed by atoms with E-state index in [9.17, 15) is 9.90 Å². The highest BCUT2D eigenvalue weighted by atomic mass is 16.6. The Morgan fingerprint density at radius 1 is 1.17 bits per heavy atom. The van der Waals surface area contributed by atoms with Gasteiger partial charge in [0.05, 0.1) is 5.60 Å². The largest absolute Gasteiger partial charge is 0.488 e. The SMILES string of the molecule is CCC(Oc1ccc(B(O)O)cc1)C(=O)OC(C)(C)C(C)(C)O. The summed E-state index contributed by atoms with van der Waals surface area (Å²) in [5.41, 5.74) is -1.93. The minimum absolute atomic E-state index is 0.330. The molecule has 0 saturated carbocycles. The van der Waals surface area contributed by atoms with Crippen LogP contribution in [0, 0.1) is 0 Å². The predicted molar refractivity (Wildman–Crippen MR) is 87.4 cm³/mol. The van der Waals surface area contributed by atoms with Crippen molar-refractivity contribution in [3.05, 3.63) is 24.3 Å². The molecule has 0 heterocycles. The molecule has 7 heteroatoms. The highest BCUT2D eigenvalue weighted by Crippen LogP contribution is 2.26. The van der Waals surface area contributed by atoms with E-state index < -0.39 is 30.4 Å². The number of benzene rings is 1. The molecule has 0 spiro atoms. The zero-order chi connectivity index (χ0) is 17.8. The Balaban J connectivity index is 2.78. The van der Waals surface area contributed by atoms with E-state index in [1.54, 1.807) is 46.8 Å². The van der Waals surface area contributed by atoms with Crippen molar-refractivity contribution in [2.24, 2.45) is 0 Å². The molecule has 0 aromatic heterocycles. The van der Waals surface area contributed by atoms with E-state index in [1.165, 1.54) is 12.1 Å². The average Bonchev–Trinajstić information content (AvgIpc) is 2.43. The Bertz CT molecular complexity index is 518. The van der Waals surface area contributed by atoms with E-state index in [2.05, 4.69) is 0 Å². The van der Waals surface area contributed by atoms with Crippen LogP contribution in [0.4, 0.5) is 0 Å². The van der Waals surface area contributed by atoms with Crippen LogP contribution < -0.4 is 10.2 Å². The molecule has 0 saturated heterocycles. The van der Waals surface area contributed by atoms with Gasteiger partial charge < -0.3 is 24.6 Å². The molecule has 1 aromatic rings. The summed E-state index contributed by atoms with van der Waals surface area (Å²) in [6, 6.07) is 6.09. The van der Waals surface area contributed by atoms with Crippen molar-refractivity contribution < 1.29 is 29.4 Å². The number of rotatable bonds is 7. The van der Waals surface area contributed by atoms with Gasteiger partial charge in [-0.25, -0.2) is 4.79 Å². The van der Waals surface area contributed by atoms with Crippen LogP contribution >= 0.6 is 0 Å². The lowest BCUT2D eigenvalue weighted by Gasteiger charge is -2.37. The molecule has 1 aromatic carbocycles. The Morgan fingerprint density at radius 2 is 1.70 bits per heavy atom. The first-order valence-electron chi connectivity index (χ1n) is 7.56. The third-order valence-corrected chi connectivity index (χ3v) is 3.92. The summed E-state index contributed by atoms with van der Waals surface area (Å²) in [6.07, 6.45) is -0.424. The van der Waals surface area contributed by atoms with Crippen molar-refractivity contribution in [1.29, 1.82) is 0 Å². The lowest BCUT2D eigenvalue weighted by molar-refractivity contribution is -0.188. The maximum atomic E-state index is 12.3. The second-order valence-corrected chi connectivity index (χ2v) is 6.45. The van der Waals surface area contributed by atoms with E-state index in [0.717, 1.165) is 0 Å². The third-order valence-electron chi connectivity index (χ3n) is 3.92. The number of carbonyl (C=O) groups is 1.